The molecule has 1 N–H and O–H groups in total. The molecule has 5 heteroatoms. The Hall–Kier alpha value is -2.95. The Kier molecular flexibility index (Phi) is 5.51. The highest BCUT2D eigenvalue weighted by Crippen LogP contribution is 2.25. The van der Waals surface area contributed by atoms with Gasteiger partial charge in [0, 0.05) is 18.8 Å². The topological polar surface area (TPSA) is 53.9 Å². The molecule has 1 aliphatic rings. The molecule has 0 atom stereocenters. The van der Waals surface area contributed by atoms with Gasteiger partial charge < -0.3 is 10.2 Å². The highest BCUT2D eigenvalue weighted by molar-refractivity contribution is 5.58. The minimum atomic E-state index is 0.715. The lowest BCUT2D eigenvalue weighted by Crippen LogP contribution is -2.35. The third-order valence-electron chi connectivity index (χ3n) is 5.31. The van der Waals surface area contributed by atoms with Gasteiger partial charge in [-0.25, -0.2) is 0 Å². The summed E-state index contributed by atoms with van der Waals surface area (Å²) in [6.07, 6.45) is 5.16. The first-order valence-electron chi connectivity index (χ1n) is 9.99. The van der Waals surface area contributed by atoms with Crippen molar-refractivity contribution >= 4 is 17.5 Å². The summed E-state index contributed by atoms with van der Waals surface area (Å²) >= 11 is 0. The van der Waals surface area contributed by atoms with Gasteiger partial charge in [-0.3, -0.25) is 0 Å². The number of hydrogen-bond acceptors (Lipinski definition) is 5. The summed E-state index contributed by atoms with van der Waals surface area (Å²) in [6.45, 7) is 6.15. The standard InChI is InChI=1S/C23H27N5/c1-17-12-18(2)14-21(13-17)25-22-16-24-27-23(26-22)28-10-8-20(9-11-28)15-19-6-4-3-5-7-19/h3-7,12-14,16,20H,8-11,15H2,1-2H3,(H,25,26,27). The number of anilines is 3. The van der Waals surface area contributed by atoms with Crippen LogP contribution < -0.4 is 10.2 Å². The van der Waals surface area contributed by atoms with Crippen molar-refractivity contribution in [2.24, 2.45) is 5.92 Å². The van der Waals surface area contributed by atoms with Crippen molar-refractivity contribution in [3.8, 4) is 0 Å². The van der Waals surface area contributed by atoms with Crippen LogP contribution in [0.1, 0.15) is 29.5 Å². The molecule has 28 heavy (non-hydrogen) atoms. The van der Waals surface area contributed by atoms with Crippen LogP contribution in [0.15, 0.2) is 54.7 Å². The van der Waals surface area contributed by atoms with E-state index in [-0.39, 0.29) is 0 Å². The zero-order valence-electron chi connectivity index (χ0n) is 16.6. The van der Waals surface area contributed by atoms with E-state index in [4.69, 9.17) is 4.98 Å². The summed E-state index contributed by atoms with van der Waals surface area (Å²) in [6, 6.07) is 17.2. The molecule has 3 aromatic rings. The van der Waals surface area contributed by atoms with Crippen molar-refractivity contribution < 1.29 is 0 Å². The fourth-order valence-corrected chi connectivity index (χ4v) is 3.97. The molecular weight excluding hydrogens is 346 g/mol. The molecule has 2 heterocycles. The van der Waals surface area contributed by atoms with Crippen LogP contribution in [0.4, 0.5) is 17.5 Å². The minimum Gasteiger partial charge on any atom is -0.339 e. The minimum absolute atomic E-state index is 0.715. The van der Waals surface area contributed by atoms with E-state index in [1.165, 1.54) is 16.7 Å². The van der Waals surface area contributed by atoms with Crippen LogP contribution in [0.5, 0.6) is 0 Å². The van der Waals surface area contributed by atoms with Crippen LogP contribution in [0.2, 0.25) is 0 Å². The number of rotatable bonds is 5. The molecule has 0 aliphatic carbocycles. The molecule has 0 saturated carbocycles. The van der Waals surface area contributed by atoms with Crippen LogP contribution >= 0.6 is 0 Å². The molecule has 0 bridgehead atoms. The average molecular weight is 374 g/mol. The Morgan fingerprint density at radius 2 is 1.71 bits per heavy atom. The van der Waals surface area contributed by atoms with Crippen molar-refractivity contribution in [1.82, 2.24) is 15.2 Å². The number of benzene rings is 2. The van der Waals surface area contributed by atoms with Crippen molar-refractivity contribution in [3.05, 3.63) is 71.4 Å². The number of nitrogens with one attached hydrogen (secondary N) is 1. The predicted molar refractivity (Wildman–Crippen MR) is 114 cm³/mol. The van der Waals surface area contributed by atoms with Crippen LogP contribution in [0.3, 0.4) is 0 Å². The van der Waals surface area contributed by atoms with Gasteiger partial charge in [-0.1, -0.05) is 36.4 Å². The second-order valence-electron chi connectivity index (χ2n) is 7.76. The number of hydrogen-bond donors (Lipinski definition) is 1. The van der Waals surface area contributed by atoms with Gasteiger partial charge in [0.1, 0.15) is 0 Å². The quantitative estimate of drug-likeness (QED) is 0.703. The van der Waals surface area contributed by atoms with Gasteiger partial charge in [0.2, 0.25) is 5.95 Å². The zero-order chi connectivity index (χ0) is 19.3. The van der Waals surface area contributed by atoms with Gasteiger partial charge in [-0.15, -0.1) is 5.10 Å². The van der Waals surface area contributed by atoms with E-state index in [9.17, 15) is 0 Å². The second kappa shape index (κ2) is 8.38. The Morgan fingerprint density at radius 1 is 1.00 bits per heavy atom. The van der Waals surface area contributed by atoms with Gasteiger partial charge in [0.15, 0.2) is 5.82 Å². The molecule has 0 amide bonds. The first-order valence-corrected chi connectivity index (χ1v) is 9.99. The molecule has 5 nitrogen and oxygen atoms in total. The third-order valence-corrected chi connectivity index (χ3v) is 5.31. The first-order chi connectivity index (χ1) is 13.7. The Labute approximate surface area is 166 Å². The molecule has 1 aromatic heterocycles. The summed E-state index contributed by atoms with van der Waals surface area (Å²) in [5.74, 6) is 2.18. The van der Waals surface area contributed by atoms with Gasteiger partial charge in [0.25, 0.3) is 0 Å². The molecule has 144 valence electrons. The molecular formula is C23H27N5. The Bertz CT molecular complexity index is 897. The summed E-state index contributed by atoms with van der Waals surface area (Å²) in [7, 11) is 0. The zero-order valence-corrected chi connectivity index (χ0v) is 16.6. The molecule has 0 spiro atoms. The summed E-state index contributed by atoms with van der Waals surface area (Å²) in [5.41, 5.74) is 4.92. The molecule has 2 aromatic carbocycles. The van der Waals surface area contributed by atoms with E-state index >= 15 is 0 Å². The highest BCUT2D eigenvalue weighted by Gasteiger charge is 2.21. The molecule has 1 saturated heterocycles. The van der Waals surface area contributed by atoms with Crippen LogP contribution in [-0.4, -0.2) is 28.3 Å². The van der Waals surface area contributed by atoms with E-state index in [1.54, 1.807) is 6.20 Å². The van der Waals surface area contributed by atoms with Crippen molar-refractivity contribution in [2.45, 2.75) is 33.1 Å². The summed E-state index contributed by atoms with van der Waals surface area (Å²) in [5, 5.41) is 11.8. The molecule has 1 aliphatic heterocycles. The van der Waals surface area contributed by atoms with Gasteiger partial charge >= 0.3 is 0 Å². The predicted octanol–water partition coefficient (Wildman–Crippen LogP) is 4.69. The first kappa shape index (κ1) is 18.4. The van der Waals surface area contributed by atoms with Crippen molar-refractivity contribution in [3.63, 3.8) is 0 Å². The maximum absolute atomic E-state index is 4.70. The number of piperidine rings is 1. The lowest BCUT2D eigenvalue weighted by molar-refractivity contribution is 0.400. The van der Waals surface area contributed by atoms with E-state index in [2.05, 4.69) is 82.8 Å². The van der Waals surface area contributed by atoms with E-state index in [1.807, 2.05) is 0 Å². The fourth-order valence-electron chi connectivity index (χ4n) is 3.97. The number of aryl methyl sites for hydroxylation is 2. The SMILES string of the molecule is Cc1cc(C)cc(Nc2cnnc(N3CCC(Cc4ccccc4)CC3)n2)c1. The van der Waals surface area contributed by atoms with Crippen molar-refractivity contribution in [2.75, 3.05) is 23.3 Å². The van der Waals surface area contributed by atoms with Crippen LogP contribution in [0.25, 0.3) is 0 Å². The molecule has 0 unspecified atom stereocenters. The molecule has 1 fully saturated rings. The molecule has 4 rings (SSSR count). The molecule has 0 radical (unpaired) electrons. The largest absolute Gasteiger partial charge is 0.339 e. The van der Waals surface area contributed by atoms with E-state index < -0.39 is 0 Å². The Morgan fingerprint density at radius 3 is 2.43 bits per heavy atom. The second-order valence-corrected chi connectivity index (χ2v) is 7.76. The maximum atomic E-state index is 4.70. The van der Waals surface area contributed by atoms with Gasteiger partial charge in [-0.05, 0) is 67.9 Å². The lowest BCUT2D eigenvalue weighted by Gasteiger charge is -2.31. The average Bonchev–Trinajstić information content (AvgIpc) is 2.69. The number of aromatic nitrogens is 3. The van der Waals surface area contributed by atoms with Crippen LogP contribution in [-0.2, 0) is 6.42 Å². The van der Waals surface area contributed by atoms with Gasteiger partial charge in [0.05, 0.1) is 6.20 Å². The fraction of sp³-hybridized carbons (Fsp3) is 0.348. The Balaban J connectivity index is 1.38. The summed E-state index contributed by atoms with van der Waals surface area (Å²) in [4.78, 5) is 6.95. The highest BCUT2D eigenvalue weighted by atomic mass is 15.3. The normalized spacial score (nSPS) is 14.9. The van der Waals surface area contributed by atoms with E-state index in [0.717, 1.165) is 49.8 Å². The van der Waals surface area contributed by atoms with Gasteiger partial charge in [-0.2, -0.15) is 10.1 Å². The van der Waals surface area contributed by atoms with Crippen LogP contribution in [0, 0.1) is 19.8 Å². The lowest BCUT2D eigenvalue weighted by atomic mass is 9.90. The number of nitrogens with zero attached hydrogens (tertiary/aromatic N) is 4. The van der Waals surface area contributed by atoms with Crippen molar-refractivity contribution in [1.29, 1.82) is 0 Å². The maximum Gasteiger partial charge on any atom is 0.247 e. The smallest absolute Gasteiger partial charge is 0.247 e. The summed E-state index contributed by atoms with van der Waals surface area (Å²) < 4.78 is 0. The van der Waals surface area contributed by atoms with E-state index in [0.29, 0.717) is 5.95 Å². The third kappa shape index (κ3) is 4.66. The monoisotopic (exact) mass is 373 g/mol.